The van der Waals surface area contributed by atoms with Gasteiger partial charge in [-0.15, -0.1) is 0 Å². The molecule has 0 spiro atoms. The van der Waals surface area contributed by atoms with Gasteiger partial charge in [0.1, 0.15) is 16.6 Å². The van der Waals surface area contributed by atoms with Crippen LogP contribution in [0.15, 0.2) is 12.3 Å². The van der Waals surface area contributed by atoms with Crippen molar-refractivity contribution in [1.29, 1.82) is 0 Å². The van der Waals surface area contributed by atoms with Gasteiger partial charge in [-0.2, -0.15) is 0 Å². The minimum atomic E-state index is 0.132. The van der Waals surface area contributed by atoms with Gasteiger partial charge in [-0.05, 0) is 18.9 Å². The Balaban J connectivity index is 2.27. The third kappa shape index (κ3) is 1.54. The fraction of sp³-hybridized carbons (Fsp3) is 0.500. The van der Waals surface area contributed by atoms with Crippen LogP contribution in [0.1, 0.15) is 24.8 Å². The van der Waals surface area contributed by atoms with Crippen molar-refractivity contribution < 1.29 is 4.74 Å². The minimum absolute atomic E-state index is 0.132. The van der Waals surface area contributed by atoms with E-state index < -0.39 is 0 Å². The number of aromatic amines is 1. The quantitative estimate of drug-likeness (QED) is 0.675. The molecular formula is C8H10N2OS. The van der Waals surface area contributed by atoms with E-state index in [1.807, 2.05) is 0 Å². The van der Waals surface area contributed by atoms with Crippen LogP contribution in [0.5, 0.6) is 0 Å². The first-order valence-corrected chi connectivity index (χ1v) is 4.44. The molecule has 0 radical (unpaired) electrons. The largest absolute Gasteiger partial charge is 0.370 e. The molecule has 2 rings (SSSR count). The summed E-state index contributed by atoms with van der Waals surface area (Å²) in [6.45, 7) is 0.835. The van der Waals surface area contributed by atoms with E-state index in [4.69, 9.17) is 17.0 Å². The molecule has 1 aromatic heterocycles. The Hall–Kier alpha value is -0.740. The van der Waals surface area contributed by atoms with Crippen LogP contribution in [-0.2, 0) is 4.74 Å². The molecule has 2 heterocycles. The van der Waals surface area contributed by atoms with Crippen molar-refractivity contribution in [3.05, 3.63) is 22.7 Å². The predicted octanol–water partition coefficient (Wildman–Crippen LogP) is 1.99. The van der Waals surface area contributed by atoms with Gasteiger partial charge < -0.3 is 9.72 Å². The molecular weight excluding hydrogens is 172 g/mol. The summed E-state index contributed by atoms with van der Waals surface area (Å²) in [4.78, 5) is 7.20. The van der Waals surface area contributed by atoms with Gasteiger partial charge in [0.2, 0.25) is 0 Å². The molecule has 1 aliphatic rings. The Morgan fingerprint density at radius 1 is 1.67 bits per heavy atom. The van der Waals surface area contributed by atoms with Gasteiger partial charge in [-0.3, -0.25) is 0 Å². The fourth-order valence-corrected chi connectivity index (χ4v) is 1.51. The highest BCUT2D eigenvalue weighted by Crippen LogP contribution is 2.24. The number of nitrogens with one attached hydrogen (secondary N) is 1. The van der Waals surface area contributed by atoms with Crippen molar-refractivity contribution in [3.8, 4) is 0 Å². The van der Waals surface area contributed by atoms with Crippen LogP contribution in [0, 0.1) is 4.64 Å². The molecule has 1 saturated heterocycles. The first kappa shape index (κ1) is 7.89. The number of hydrogen-bond acceptors (Lipinski definition) is 3. The molecule has 0 amide bonds. The molecule has 1 aromatic rings. The summed E-state index contributed by atoms with van der Waals surface area (Å²) in [5.41, 5.74) is 0. The average molecular weight is 182 g/mol. The molecule has 3 nitrogen and oxygen atoms in total. The lowest BCUT2D eigenvalue weighted by molar-refractivity contribution is 0.105. The number of ether oxygens (including phenoxy) is 1. The van der Waals surface area contributed by atoms with Crippen molar-refractivity contribution in [2.75, 3.05) is 6.61 Å². The molecule has 0 saturated carbocycles. The van der Waals surface area contributed by atoms with E-state index in [9.17, 15) is 0 Å². The van der Waals surface area contributed by atoms with E-state index in [0.29, 0.717) is 0 Å². The third-order valence-electron chi connectivity index (χ3n) is 1.93. The zero-order valence-electron chi connectivity index (χ0n) is 6.62. The monoisotopic (exact) mass is 182 g/mol. The van der Waals surface area contributed by atoms with Crippen LogP contribution in [0.4, 0.5) is 0 Å². The van der Waals surface area contributed by atoms with E-state index in [2.05, 4.69) is 9.97 Å². The van der Waals surface area contributed by atoms with Crippen molar-refractivity contribution in [2.24, 2.45) is 0 Å². The van der Waals surface area contributed by atoms with Crippen molar-refractivity contribution in [2.45, 2.75) is 18.9 Å². The van der Waals surface area contributed by atoms with E-state index in [0.717, 1.165) is 29.9 Å². The highest BCUT2D eigenvalue weighted by Gasteiger charge is 2.18. The Morgan fingerprint density at radius 3 is 3.25 bits per heavy atom. The molecule has 1 aliphatic heterocycles. The molecule has 1 unspecified atom stereocenters. The normalized spacial score (nSPS) is 22.8. The van der Waals surface area contributed by atoms with Crippen molar-refractivity contribution in [1.82, 2.24) is 9.97 Å². The maximum atomic E-state index is 5.45. The first-order valence-electron chi connectivity index (χ1n) is 4.03. The molecule has 0 aromatic carbocycles. The van der Waals surface area contributed by atoms with E-state index in [1.54, 1.807) is 12.3 Å². The number of H-pyrrole nitrogens is 1. The summed E-state index contributed by atoms with van der Waals surface area (Å²) in [6, 6.07) is 1.77. The molecule has 0 bridgehead atoms. The topological polar surface area (TPSA) is 37.9 Å². The smallest absolute Gasteiger partial charge is 0.136 e. The van der Waals surface area contributed by atoms with Crippen LogP contribution in [0.2, 0.25) is 0 Å². The lowest BCUT2D eigenvalue weighted by Gasteiger charge is -2.06. The molecule has 4 heteroatoms. The second-order valence-electron chi connectivity index (χ2n) is 2.82. The Morgan fingerprint density at radius 2 is 2.58 bits per heavy atom. The number of aromatic nitrogens is 2. The zero-order chi connectivity index (χ0) is 8.39. The lowest BCUT2D eigenvalue weighted by Crippen LogP contribution is -2.01. The van der Waals surface area contributed by atoms with Crippen LogP contribution < -0.4 is 0 Å². The summed E-state index contributed by atoms with van der Waals surface area (Å²) in [6.07, 6.45) is 4.01. The van der Waals surface area contributed by atoms with Crippen LogP contribution >= 0.6 is 12.2 Å². The first-order chi connectivity index (χ1) is 5.86. The maximum Gasteiger partial charge on any atom is 0.136 e. The van der Waals surface area contributed by atoms with Crippen LogP contribution in [-0.4, -0.2) is 16.6 Å². The second kappa shape index (κ2) is 3.33. The van der Waals surface area contributed by atoms with E-state index in [-0.39, 0.29) is 6.10 Å². The van der Waals surface area contributed by atoms with Gasteiger partial charge in [-0.1, -0.05) is 12.2 Å². The summed E-state index contributed by atoms with van der Waals surface area (Å²) in [7, 11) is 0. The minimum Gasteiger partial charge on any atom is -0.370 e. The number of rotatable bonds is 1. The van der Waals surface area contributed by atoms with Gasteiger partial charge in [-0.25, -0.2) is 4.98 Å². The highest BCUT2D eigenvalue weighted by atomic mass is 32.1. The SMILES string of the molecule is S=c1ccnc(C2CCCO2)[nH]1. The standard InChI is InChI=1S/C8H10N2OS/c12-7-3-4-9-8(10-7)6-2-1-5-11-6/h3-4,6H,1-2,5H2,(H,9,10,12). The van der Waals surface area contributed by atoms with Gasteiger partial charge >= 0.3 is 0 Å². The summed E-state index contributed by atoms with van der Waals surface area (Å²) in [5.74, 6) is 0.861. The molecule has 64 valence electrons. The van der Waals surface area contributed by atoms with Crippen LogP contribution in [0.25, 0.3) is 0 Å². The molecule has 1 N–H and O–H groups in total. The molecule has 1 atom stereocenters. The summed E-state index contributed by atoms with van der Waals surface area (Å²) < 4.78 is 6.17. The molecule has 12 heavy (non-hydrogen) atoms. The second-order valence-corrected chi connectivity index (χ2v) is 3.26. The highest BCUT2D eigenvalue weighted by molar-refractivity contribution is 7.71. The third-order valence-corrected chi connectivity index (χ3v) is 2.16. The molecule has 1 fully saturated rings. The van der Waals surface area contributed by atoms with Gasteiger partial charge in [0.05, 0.1) is 0 Å². The summed E-state index contributed by atoms with van der Waals surface area (Å²) in [5, 5.41) is 0. The number of hydrogen-bond donors (Lipinski definition) is 1. The van der Waals surface area contributed by atoms with E-state index in [1.165, 1.54) is 0 Å². The average Bonchev–Trinajstić information content (AvgIpc) is 2.56. The van der Waals surface area contributed by atoms with Gasteiger partial charge in [0, 0.05) is 12.8 Å². The molecule has 0 aliphatic carbocycles. The predicted molar refractivity (Wildman–Crippen MR) is 47.3 cm³/mol. The zero-order valence-corrected chi connectivity index (χ0v) is 7.43. The Kier molecular flexibility index (Phi) is 2.19. The number of nitrogens with zero attached hydrogens (tertiary/aromatic N) is 1. The van der Waals surface area contributed by atoms with Gasteiger partial charge in [0.15, 0.2) is 0 Å². The van der Waals surface area contributed by atoms with Crippen LogP contribution in [0.3, 0.4) is 0 Å². The van der Waals surface area contributed by atoms with Crippen molar-refractivity contribution in [3.63, 3.8) is 0 Å². The Bertz CT molecular complexity index is 317. The lowest BCUT2D eigenvalue weighted by atomic mass is 10.2. The Labute approximate surface area is 75.8 Å². The van der Waals surface area contributed by atoms with Gasteiger partial charge in [0.25, 0.3) is 0 Å². The summed E-state index contributed by atoms with van der Waals surface area (Å²) >= 11 is 4.98. The maximum absolute atomic E-state index is 5.45. The van der Waals surface area contributed by atoms with Crippen molar-refractivity contribution >= 4 is 12.2 Å². The van der Waals surface area contributed by atoms with E-state index >= 15 is 0 Å². The fourth-order valence-electron chi connectivity index (χ4n) is 1.34.